The molecule has 0 spiro atoms. The van der Waals surface area contributed by atoms with Crippen molar-refractivity contribution in [3.8, 4) is 0 Å². The molecule has 84 valence electrons. The van der Waals surface area contributed by atoms with E-state index in [0.717, 1.165) is 19.6 Å². The van der Waals surface area contributed by atoms with Gasteiger partial charge in [-0.1, -0.05) is 12.1 Å². The number of rotatable bonds is 1. The monoisotopic (exact) mass is 232 g/mol. The second kappa shape index (κ2) is 4.07. The molecule has 1 saturated heterocycles. The molecule has 0 amide bonds. The van der Waals surface area contributed by atoms with E-state index >= 15 is 0 Å². The first-order valence-corrected chi connectivity index (χ1v) is 6.67. The first kappa shape index (κ1) is 10.1. The Kier molecular flexibility index (Phi) is 2.58. The fraction of sp³-hybridized carbons (Fsp3) is 0.385. The molecule has 0 radical (unpaired) electrons. The maximum Gasteiger partial charge on any atom is 0.0576 e. The first-order chi connectivity index (χ1) is 7.84. The van der Waals surface area contributed by atoms with Crippen LogP contribution in [0.5, 0.6) is 0 Å². The van der Waals surface area contributed by atoms with E-state index in [0.29, 0.717) is 6.04 Å². The van der Waals surface area contributed by atoms with Crippen molar-refractivity contribution in [2.75, 3.05) is 24.5 Å². The van der Waals surface area contributed by atoms with Crippen LogP contribution in [-0.2, 0) is 0 Å². The fourth-order valence-electron chi connectivity index (χ4n) is 2.38. The van der Waals surface area contributed by atoms with E-state index in [-0.39, 0.29) is 0 Å². The van der Waals surface area contributed by atoms with E-state index < -0.39 is 0 Å². The van der Waals surface area contributed by atoms with Crippen molar-refractivity contribution in [1.29, 1.82) is 0 Å². The van der Waals surface area contributed by atoms with E-state index in [1.54, 1.807) is 0 Å². The Balaban J connectivity index is 2.01. The minimum atomic E-state index is 0.587. The van der Waals surface area contributed by atoms with Crippen molar-refractivity contribution >= 4 is 27.1 Å². The van der Waals surface area contributed by atoms with Gasteiger partial charge in [-0.05, 0) is 29.8 Å². The maximum atomic E-state index is 3.49. The molecule has 2 heterocycles. The molecule has 1 aromatic carbocycles. The Morgan fingerprint density at radius 2 is 2.31 bits per heavy atom. The van der Waals surface area contributed by atoms with Crippen molar-refractivity contribution in [2.45, 2.75) is 13.0 Å². The van der Waals surface area contributed by atoms with Crippen molar-refractivity contribution < 1.29 is 0 Å². The summed E-state index contributed by atoms with van der Waals surface area (Å²) < 4.78 is 1.43. The van der Waals surface area contributed by atoms with Crippen LogP contribution in [0.15, 0.2) is 29.6 Å². The van der Waals surface area contributed by atoms with E-state index in [4.69, 9.17) is 0 Å². The number of hydrogen-bond donors (Lipinski definition) is 1. The van der Waals surface area contributed by atoms with Gasteiger partial charge in [0.05, 0.1) is 10.4 Å². The van der Waals surface area contributed by atoms with Crippen LogP contribution in [0.4, 0.5) is 5.69 Å². The summed E-state index contributed by atoms with van der Waals surface area (Å²) in [5.41, 5.74) is 1.40. The van der Waals surface area contributed by atoms with Crippen LogP contribution < -0.4 is 10.2 Å². The third-order valence-corrected chi connectivity index (χ3v) is 4.12. The first-order valence-electron chi connectivity index (χ1n) is 5.79. The highest BCUT2D eigenvalue weighted by Gasteiger charge is 2.17. The van der Waals surface area contributed by atoms with Gasteiger partial charge in [0.15, 0.2) is 0 Å². The zero-order valence-corrected chi connectivity index (χ0v) is 10.3. The summed E-state index contributed by atoms with van der Waals surface area (Å²) in [5, 5.41) is 7.03. The summed E-state index contributed by atoms with van der Waals surface area (Å²) in [5.74, 6) is 0. The minimum Gasteiger partial charge on any atom is -0.368 e. The number of anilines is 1. The van der Waals surface area contributed by atoms with Crippen LogP contribution >= 0.6 is 11.3 Å². The van der Waals surface area contributed by atoms with Gasteiger partial charge in [0.25, 0.3) is 0 Å². The summed E-state index contributed by atoms with van der Waals surface area (Å²) in [6.07, 6.45) is 0. The highest BCUT2D eigenvalue weighted by atomic mass is 32.1. The highest BCUT2D eigenvalue weighted by Crippen LogP contribution is 2.31. The summed E-state index contributed by atoms with van der Waals surface area (Å²) in [6.45, 7) is 5.56. The number of piperazine rings is 1. The lowest BCUT2D eigenvalue weighted by Gasteiger charge is -2.33. The number of thiophene rings is 1. The molecule has 1 aliphatic rings. The Labute approximate surface area is 99.9 Å². The van der Waals surface area contributed by atoms with E-state index in [1.807, 2.05) is 11.3 Å². The normalized spacial score (nSPS) is 21.6. The predicted molar refractivity (Wildman–Crippen MR) is 71.5 cm³/mol. The summed E-state index contributed by atoms with van der Waals surface area (Å²) in [6, 6.07) is 9.40. The summed E-state index contributed by atoms with van der Waals surface area (Å²) >= 11 is 1.85. The Bertz CT molecular complexity index is 491. The Hall–Kier alpha value is -1.06. The van der Waals surface area contributed by atoms with Crippen LogP contribution in [-0.4, -0.2) is 25.7 Å². The van der Waals surface area contributed by atoms with Crippen molar-refractivity contribution in [1.82, 2.24) is 5.32 Å². The lowest BCUT2D eigenvalue weighted by Crippen LogP contribution is -2.49. The van der Waals surface area contributed by atoms with Gasteiger partial charge in [0.1, 0.15) is 0 Å². The number of benzene rings is 1. The lowest BCUT2D eigenvalue weighted by atomic mass is 10.2. The number of fused-ring (bicyclic) bond motifs is 1. The van der Waals surface area contributed by atoms with Gasteiger partial charge in [-0.15, -0.1) is 11.3 Å². The van der Waals surface area contributed by atoms with Crippen LogP contribution in [0, 0.1) is 0 Å². The van der Waals surface area contributed by atoms with E-state index in [9.17, 15) is 0 Å². The fourth-order valence-corrected chi connectivity index (χ4v) is 3.32. The highest BCUT2D eigenvalue weighted by molar-refractivity contribution is 7.17. The Morgan fingerprint density at radius 3 is 3.19 bits per heavy atom. The van der Waals surface area contributed by atoms with Gasteiger partial charge < -0.3 is 10.2 Å². The standard InChI is InChI=1S/C13H16N2S/c1-10-9-15(7-6-14-10)12-4-2-3-11-5-8-16-13(11)12/h2-5,8,10,14H,6-7,9H2,1H3. The van der Waals surface area contributed by atoms with Crippen LogP contribution in [0.3, 0.4) is 0 Å². The van der Waals surface area contributed by atoms with Gasteiger partial charge in [0, 0.05) is 25.7 Å². The average molecular weight is 232 g/mol. The predicted octanol–water partition coefficient (Wildman–Crippen LogP) is 2.70. The second-order valence-electron chi connectivity index (χ2n) is 4.42. The molecule has 1 aromatic heterocycles. The van der Waals surface area contributed by atoms with Gasteiger partial charge in [0.2, 0.25) is 0 Å². The minimum absolute atomic E-state index is 0.587. The smallest absolute Gasteiger partial charge is 0.0576 e. The van der Waals surface area contributed by atoms with Gasteiger partial charge in [-0.2, -0.15) is 0 Å². The van der Waals surface area contributed by atoms with Gasteiger partial charge in [-0.25, -0.2) is 0 Å². The molecule has 1 atom stereocenters. The quantitative estimate of drug-likeness (QED) is 0.813. The molecule has 1 unspecified atom stereocenters. The molecule has 1 N–H and O–H groups in total. The third kappa shape index (κ3) is 1.70. The van der Waals surface area contributed by atoms with E-state index in [2.05, 4.69) is 46.8 Å². The molecule has 3 rings (SSSR count). The molecule has 3 heteroatoms. The third-order valence-electron chi connectivity index (χ3n) is 3.17. The molecule has 0 aliphatic carbocycles. The zero-order valence-electron chi connectivity index (χ0n) is 9.44. The summed E-state index contributed by atoms with van der Waals surface area (Å²) in [4.78, 5) is 2.50. The van der Waals surface area contributed by atoms with Crippen LogP contribution in [0.25, 0.3) is 10.1 Å². The average Bonchev–Trinajstić information content (AvgIpc) is 2.76. The van der Waals surface area contributed by atoms with E-state index in [1.165, 1.54) is 15.8 Å². The molecular formula is C13H16N2S. The van der Waals surface area contributed by atoms with Gasteiger partial charge >= 0.3 is 0 Å². The van der Waals surface area contributed by atoms with Crippen LogP contribution in [0.1, 0.15) is 6.92 Å². The van der Waals surface area contributed by atoms with Crippen molar-refractivity contribution in [3.63, 3.8) is 0 Å². The SMILES string of the molecule is CC1CN(c2cccc3ccsc23)CCN1. The van der Waals surface area contributed by atoms with Crippen LogP contribution in [0.2, 0.25) is 0 Å². The Morgan fingerprint density at radius 1 is 1.38 bits per heavy atom. The molecule has 0 bridgehead atoms. The number of nitrogens with zero attached hydrogens (tertiary/aromatic N) is 1. The van der Waals surface area contributed by atoms with Crippen molar-refractivity contribution in [3.05, 3.63) is 29.6 Å². The summed E-state index contributed by atoms with van der Waals surface area (Å²) in [7, 11) is 0. The molecule has 1 aliphatic heterocycles. The van der Waals surface area contributed by atoms with Gasteiger partial charge in [-0.3, -0.25) is 0 Å². The molecular weight excluding hydrogens is 216 g/mol. The molecule has 2 nitrogen and oxygen atoms in total. The molecule has 16 heavy (non-hydrogen) atoms. The topological polar surface area (TPSA) is 15.3 Å². The largest absolute Gasteiger partial charge is 0.368 e. The molecule has 0 saturated carbocycles. The zero-order chi connectivity index (χ0) is 11.0. The van der Waals surface area contributed by atoms with Crippen molar-refractivity contribution in [2.24, 2.45) is 0 Å². The maximum absolute atomic E-state index is 3.49. The lowest BCUT2D eigenvalue weighted by molar-refractivity contribution is 0.485. The second-order valence-corrected chi connectivity index (χ2v) is 5.33. The molecule has 2 aromatic rings. The molecule has 1 fully saturated rings. The number of hydrogen-bond acceptors (Lipinski definition) is 3. The number of nitrogens with one attached hydrogen (secondary N) is 1.